The summed E-state index contributed by atoms with van der Waals surface area (Å²) in [6.45, 7) is 1.69. The van der Waals surface area contributed by atoms with Crippen molar-refractivity contribution in [1.82, 2.24) is 24.1 Å². The fourth-order valence-corrected chi connectivity index (χ4v) is 5.44. The van der Waals surface area contributed by atoms with Gasteiger partial charge in [-0.05, 0) is 25.1 Å². The van der Waals surface area contributed by atoms with Crippen LogP contribution < -0.4 is 16.6 Å². The van der Waals surface area contributed by atoms with Gasteiger partial charge in [0.1, 0.15) is 4.90 Å². The van der Waals surface area contributed by atoms with Crippen LogP contribution in [0, 0.1) is 5.82 Å². The third-order valence-electron chi connectivity index (χ3n) is 5.29. The quantitative estimate of drug-likeness (QED) is 0.472. The topological polar surface area (TPSA) is 137 Å². The third-order valence-corrected chi connectivity index (χ3v) is 7.08. The maximum atomic E-state index is 14.3. The van der Waals surface area contributed by atoms with Crippen LogP contribution in [0.25, 0.3) is 11.2 Å². The number of hydrogen-bond acceptors (Lipinski definition) is 8. The molecular formula is C20H18FN7O3S. The summed E-state index contributed by atoms with van der Waals surface area (Å²) in [6.07, 6.45) is 1.59. The Morgan fingerprint density at radius 3 is 2.69 bits per heavy atom. The number of rotatable bonds is 4. The number of nitrogen functional groups attached to an aromatic ring is 1. The average molecular weight is 455 g/mol. The average Bonchev–Trinajstić information content (AvgIpc) is 3.27. The van der Waals surface area contributed by atoms with E-state index in [1.54, 1.807) is 37.3 Å². The predicted molar refractivity (Wildman–Crippen MR) is 115 cm³/mol. The Hall–Kier alpha value is -3.80. The first kappa shape index (κ1) is 20.1. The number of benzene rings is 1. The number of para-hydroxylation sites is 1. The Balaban J connectivity index is 1.69. The number of fused-ring (bicyclic) bond motifs is 2. The van der Waals surface area contributed by atoms with Crippen molar-refractivity contribution in [3.05, 3.63) is 70.3 Å². The zero-order valence-electron chi connectivity index (χ0n) is 16.9. The van der Waals surface area contributed by atoms with Crippen LogP contribution in [0.15, 0.2) is 52.3 Å². The molecule has 1 aromatic carbocycles. The van der Waals surface area contributed by atoms with Gasteiger partial charge in [-0.25, -0.2) is 22.3 Å². The van der Waals surface area contributed by atoms with Gasteiger partial charge in [0, 0.05) is 12.6 Å². The first-order valence-electron chi connectivity index (χ1n) is 9.77. The highest BCUT2D eigenvalue weighted by Gasteiger charge is 2.33. The van der Waals surface area contributed by atoms with Gasteiger partial charge in [-0.1, -0.05) is 18.2 Å². The van der Waals surface area contributed by atoms with Crippen LogP contribution >= 0.6 is 0 Å². The smallest absolute Gasteiger partial charge is 0.285 e. The zero-order valence-corrected chi connectivity index (χ0v) is 17.7. The number of nitrogens with zero attached hydrogens (tertiary/aromatic N) is 5. The molecule has 5 rings (SSSR count). The summed E-state index contributed by atoms with van der Waals surface area (Å²) < 4.78 is 41.8. The lowest BCUT2D eigenvalue weighted by Gasteiger charge is -2.20. The van der Waals surface area contributed by atoms with Gasteiger partial charge in [0.15, 0.2) is 32.8 Å². The molecule has 0 spiro atoms. The van der Waals surface area contributed by atoms with Crippen molar-refractivity contribution in [1.29, 1.82) is 0 Å². The van der Waals surface area contributed by atoms with Crippen LogP contribution in [0.3, 0.4) is 0 Å². The number of nitrogens with one attached hydrogen (secondary N) is 1. The summed E-state index contributed by atoms with van der Waals surface area (Å²) in [7, 11) is -3.57. The molecule has 4 aromatic rings. The maximum absolute atomic E-state index is 14.3. The standard InChI is InChI=1S/C20H18FN7O3S/c1-11(23-17-16-14(24-20(22)25-17)8-10-32(16,30)31)18-26-27-9-7-13(21)15(27)19(29)28(18)12-5-3-2-4-6-12/h2-7,9,11H,8,10H2,1H3,(H3,22,23,24,25)/t11-/m0/s1. The van der Waals surface area contributed by atoms with Crippen molar-refractivity contribution in [3.63, 3.8) is 0 Å². The summed E-state index contributed by atoms with van der Waals surface area (Å²) >= 11 is 0. The van der Waals surface area contributed by atoms with E-state index in [4.69, 9.17) is 5.73 Å². The van der Waals surface area contributed by atoms with Crippen molar-refractivity contribution in [3.8, 4) is 5.69 Å². The molecular weight excluding hydrogens is 437 g/mol. The van der Waals surface area contributed by atoms with Gasteiger partial charge >= 0.3 is 0 Å². The minimum absolute atomic E-state index is 0.000227. The largest absolute Gasteiger partial charge is 0.368 e. The van der Waals surface area contributed by atoms with Crippen molar-refractivity contribution < 1.29 is 12.8 Å². The monoisotopic (exact) mass is 455 g/mol. The summed E-state index contributed by atoms with van der Waals surface area (Å²) in [5.41, 5.74) is 5.82. The Bertz CT molecular complexity index is 1530. The predicted octanol–water partition coefficient (Wildman–Crippen LogP) is 1.50. The molecule has 0 radical (unpaired) electrons. The van der Waals surface area contributed by atoms with E-state index in [9.17, 15) is 17.6 Å². The van der Waals surface area contributed by atoms with Gasteiger partial charge < -0.3 is 11.1 Å². The molecule has 12 heteroatoms. The summed E-state index contributed by atoms with van der Waals surface area (Å²) in [5.74, 6) is -0.556. The lowest BCUT2D eigenvalue weighted by atomic mass is 10.2. The highest BCUT2D eigenvalue weighted by atomic mass is 32.2. The van der Waals surface area contributed by atoms with Gasteiger partial charge in [-0.3, -0.25) is 9.36 Å². The molecule has 3 aromatic heterocycles. The van der Waals surface area contributed by atoms with Crippen molar-refractivity contribution in [2.45, 2.75) is 24.3 Å². The second-order valence-electron chi connectivity index (χ2n) is 7.43. The molecule has 0 saturated heterocycles. The van der Waals surface area contributed by atoms with Crippen LogP contribution in [0.4, 0.5) is 16.2 Å². The van der Waals surface area contributed by atoms with Crippen LogP contribution in [-0.2, 0) is 16.3 Å². The van der Waals surface area contributed by atoms with Crippen LogP contribution in [0.2, 0.25) is 0 Å². The van der Waals surface area contributed by atoms with E-state index in [2.05, 4.69) is 20.4 Å². The number of halogens is 1. The van der Waals surface area contributed by atoms with E-state index >= 15 is 0 Å². The number of anilines is 2. The maximum Gasteiger partial charge on any atom is 0.285 e. The highest BCUT2D eigenvalue weighted by molar-refractivity contribution is 7.91. The van der Waals surface area contributed by atoms with E-state index in [1.807, 2.05) is 0 Å². The van der Waals surface area contributed by atoms with Crippen LogP contribution in [-0.4, -0.2) is 38.3 Å². The molecule has 4 heterocycles. The number of aromatic nitrogens is 5. The minimum Gasteiger partial charge on any atom is -0.368 e. The van der Waals surface area contributed by atoms with Crippen molar-refractivity contribution >= 4 is 27.1 Å². The molecule has 0 saturated carbocycles. The lowest BCUT2D eigenvalue weighted by Crippen LogP contribution is -2.30. The number of nitrogens with two attached hydrogens (primary N) is 1. The van der Waals surface area contributed by atoms with Gasteiger partial charge in [-0.15, -0.1) is 0 Å². The first-order chi connectivity index (χ1) is 15.3. The van der Waals surface area contributed by atoms with Gasteiger partial charge in [0.05, 0.1) is 23.2 Å². The molecule has 164 valence electrons. The summed E-state index contributed by atoms with van der Waals surface area (Å²) in [6, 6.07) is 9.12. The van der Waals surface area contributed by atoms with Crippen LogP contribution in [0.5, 0.6) is 0 Å². The first-order valence-corrected chi connectivity index (χ1v) is 11.4. The molecule has 0 fully saturated rings. The zero-order chi connectivity index (χ0) is 22.6. The molecule has 1 atom stereocenters. The Morgan fingerprint density at radius 1 is 1.19 bits per heavy atom. The molecule has 32 heavy (non-hydrogen) atoms. The third kappa shape index (κ3) is 3.11. The Labute approximate surface area is 181 Å². The van der Waals surface area contributed by atoms with E-state index in [0.717, 1.165) is 6.07 Å². The minimum atomic E-state index is -3.57. The lowest BCUT2D eigenvalue weighted by molar-refractivity contribution is 0.599. The number of sulfone groups is 1. The van der Waals surface area contributed by atoms with Crippen molar-refractivity contribution in [2.24, 2.45) is 0 Å². The van der Waals surface area contributed by atoms with E-state index in [0.29, 0.717) is 11.4 Å². The number of hydrogen-bond donors (Lipinski definition) is 2. The van der Waals surface area contributed by atoms with E-state index < -0.39 is 27.3 Å². The Morgan fingerprint density at radius 2 is 1.94 bits per heavy atom. The highest BCUT2D eigenvalue weighted by Crippen LogP contribution is 2.32. The molecule has 0 unspecified atom stereocenters. The Kier molecular flexibility index (Phi) is 4.48. The van der Waals surface area contributed by atoms with Gasteiger partial charge in [0.25, 0.3) is 5.56 Å². The second-order valence-corrected chi connectivity index (χ2v) is 9.48. The summed E-state index contributed by atoms with van der Waals surface area (Å²) in [4.78, 5) is 21.4. The molecule has 0 aliphatic carbocycles. The normalized spacial score (nSPS) is 15.6. The molecule has 0 bridgehead atoms. The van der Waals surface area contributed by atoms with E-state index in [1.165, 1.54) is 15.3 Å². The molecule has 10 nitrogen and oxygen atoms in total. The van der Waals surface area contributed by atoms with Gasteiger partial charge in [0.2, 0.25) is 5.95 Å². The second kappa shape index (κ2) is 7.12. The molecule has 1 aliphatic heterocycles. The van der Waals surface area contributed by atoms with Gasteiger partial charge in [-0.2, -0.15) is 10.1 Å². The number of aryl methyl sites for hydroxylation is 1. The molecule has 3 N–H and O–H groups in total. The van der Waals surface area contributed by atoms with Crippen molar-refractivity contribution in [2.75, 3.05) is 16.8 Å². The molecule has 0 amide bonds. The van der Waals surface area contributed by atoms with Crippen LogP contribution in [0.1, 0.15) is 24.5 Å². The van der Waals surface area contributed by atoms with E-state index in [-0.39, 0.29) is 40.2 Å². The fourth-order valence-electron chi connectivity index (χ4n) is 3.87. The summed E-state index contributed by atoms with van der Waals surface area (Å²) in [5, 5.41) is 7.46. The molecule has 1 aliphatic rings. The SMILES string of the molecule is C[C@H](Nc1nc(N)nc2c1S(=O)(=O)CC2)c1nn2ccc(F)c2c(=O)n1-c1ccccc1. The fraction of sp³-hybridized carbons (Fsp3) is 0.200.